The molecule has 0 aromatic carbocycles. The number of ether oxygens (including phenoxy) is 1. The summed E-state index contributed by atoms with van der Waals surface area (Å²) in [6, 6.07) is 8.69. The average Bonchev–Trinajstić information content (AvgIpc) is 3.38. The minimum Gasteiger partial charge on any atom is -0.377 e. The number of nitriles is 1. The lowest BCUT2D eigenvalue weighted by atomic mass is 9.72. The summed E-state index contributed by atoms with van der Waals surface area (Å²) < 4.78 is 5.64. The van der Waals surface area contributed by atoms with Crippen molar-refractivity contribution >= 4 is 22.6 Å². The lowest BCUT2D eigenvalue weighted by Gasteiger charge is -2.39. The van der Waals surface area contributed by atoms with Crippen LogP contribution in [-0.4, -0.2) is 69.9 Å². The van der Waals surface area contributed by atoms with Gasteiger partial charge in [-0.3, -0.25) is 14.9 Å². The zero-order valence-electron chi connectivity index (χ0n) is 18.9. The second-order valence-electron chi connectivity index (χ2n) is 8.87. The van der Waals surface area contributed by atoms with E-state index in [9.17, 15) is 10.1 Å². The number of H-pyrrole nitrogens is 1. The van der Waals surface area contributed by atoms with Gasteiger partial charge in [-0.1, -0.05) is 0 Å². The molecule has 1 amide bonds. The number of pyridine rings is 2. The molecule has 0 saturated carbocycles. The molecule has 2 saturated heterocycles. The van der Waals surface area contributed by atoms with Crippen molar-refractivity contribution < 1.29 is 9.53 Å². The summed E-state index contributed by atoms with van der Waals surface area (Å²) in [7, 11) is 0. The van der Waals surface area contributed by atoms with E-state index in [-0.39, 0.29) is 11.9 Å². The van der Waals surface area contributed by atoms with Gasteiger partial charge in [0.2, 0.25) is 5.91 Å². The summed E-state index contributed by atoms with van der Waals surface area (Å²) in [6.07, 6.45) is 4.62. The molecule has 0 aliphatic carbocycles. The van der Waals surface area contributed by atoms with Gasteiger partial charge in [-0.05, 0) is 43.5 Å². The Morgan fingerprint density at radius 2 is 2.09 bits per heavy atom. The Morgan fingerprint density at radius 3 is 2.76 bits per heavy atom. The fourth-order valence-electron chi connectivity index (χ4n) is 4.98. The molecule has 3 aromatic heterocycles. The molecule has 9 nitrogen and oxygen atoms in total. The summed E-state index contributed by atoms with van der Waals surface area (Å²) >= 11 is 0. The number of piperidine rings is 1. The van der Waals surface area contributed by atoms with Crippen LogP contribution < -0.4 is 4.90 Å². The van der Waals surface area contributed by atoms with Crippen molar-refractivity contribution in [3.05, 3.63) is 36.2 Å². The first-order chi connectivity index (χ1) is 16.0. The first-order valence-electron chi connectivity index (χ1n) is 11.3. The minimum atomic E-state index is -0.704. The number of carbonyl (C=O) groups excluding carboxylic acids is 1. The van der Waals surface area contributed by atoms with Crippen LogP contribution in [0.15, 0.2) is 30.6 Å². The smallest absolute Gasteiger partial charge is 0.219 e. The first-order valence-corrected chi connectivity index (χ1v) is 11.3. The Labute approximate surface area is 192 Å². The summed E-state index contributed by atoms with van der Waals surface area (Å²) in [6.45, 7) is 6.83. The van der Waals surface area contributed by atoms with Gasteiger partial charge in [-0.25, -0.2) is 4.98 Å². The van der Waals surface area contributed by atoms with E-state index in [0.29, 0.717) is 44.8 Å². The number of hydrogen-bond donors (Lipinski definition) is 1. The maximum Gasteiger partial charge on any atom is 0.219 e. The predicted octanol–water partition coefficient (Wildman–Crippen LogP) is 2.65. The molecule has 1 atom stereocenters. The predicted molar refractivity (Wildman–Crippen MR) is 124 cm³/mol. The molecule has 2 aliphatic rings. The molecule has 1 N–H and O–H groups in total. The van der Waals surface area contributed by atoms with Crippen LogP contribution >= 0.6 is 0 Å². The molecule has 0 radical (unpaired) electrons. The van der Waals surface area contributed by atoms with Crippen LogP contribution in [0.25, 0.3) is 22.3 Å². The second-order valence-corrected chi connectivity index (χ2v) is 8.87. The Hall–Kier alpha value is -3.51. The van der Waals surface area contributed by atoms with Crippen LogP contribution in [0.4, 0.5) is 5.82 Å². The third kappa shape index (κ3) is 3.70. The highest BCUT2D eigenvalue weighted by Crippen LogP contribution is 2.41. The van der Waals surface area contributed by atoms with Gasteiger partial charge in [-0.2, -0.15) is 10.4 Å². The van der Waals surface area contributed by atoms with Crippen LogP contribution in [0.1, 0.15) is 32.3 Å². The molecule has 9 heteroatoms. The number of anilines is 1. The molecule has 0 spiro atoms. The fourth-order valence-corrected chi connectivity index (χ4v) is 4.98. The summed E-state index contributed by atoms with van der Waals surface area (Å²) in [5.41, 5.74) is 2.49. The largest absolute Gasteiger partial charge is 0.377 e. The number of aromatic amines is 1. The van der Waals surface area contributed by atoms with E-state index in [1.54, 1.807) is 19.3 Å². The fraction of sp³-hybridized carbons (Fsp3) is 0.458. The Balaban J connectivity index is 1.71. The molecule has 5 heterocycles. The quantitative estimate of drug-likeness (QED) is 0.660. The molecule has 2 fully saturated rings. The summed E-state index contributed by atoms with van der Waals surface area (Å²) in [5, 5.41) is 18.4. The van der Waals surface area contributed by atoms with Crippen LogP contribution in [-0.2, 0) is 14.9 Å². The molecular formula is C24H27N7O2. The van der Waals surface area contributed by atoms with E-state index >= 15 is 0 Å². The number of morpholine rings is 1. The highest BCUT2D eigenvalue weighted by atomic mass is 16.5. The summed E-state index contributed by atoms with van der Waals surface area (Å²) in [4.78, 5) is 25.6. The van der Waals surface area contributed by atoms with E-state index in [4.69, 9.17) is 9.72 Å². The minimum absolute atomic E-state index is 0.0506. The van der Waals surface area contributed by atoms with E-state index in [1.165, 1.54) is 0 Å². The number of likely N-dealkylation sites (tertiary alicyclic amines) is 1. The van der Waals surface area contributed by atoms with Crippen molar-refractivity contribution in [2.24, 2.45) is 0 Å². The van der Waals surface area contributed by atoms with Gasteiger partial charge in [0.1, 0.15) is 17.0 Å². The zero-order chi connectivity index (χ0) is 23.0. The molecule has 3 aromatic rings. The third-order valence-electron chi connectivity index (χ3n) is 6.92. The molecule has 170 valence electrons. The monoisotopic (exact) mass is 445 g/mol. The molecule has 2 aliphatic heterocycles. The molecule has 5 rings (SSSR count). The van der Waals surface area contributed by atoms with Crippen molar-refractivity contribution in [3.8, 4) is 17.5 Å². The lowest BCUT2D eigenvalue weighted by molar-refractivity contribution is -0.130. The number of fused-ring (bicyclic) bond motifs is 1. The topological polar surface area (TPSA) is 111 Å². The zero-order valence-corrected chi connectivity index (χ0v) is 18.9. The van der Waals surface area contributed by atoms with Crippen molar-refractivity contribution in [1.82, 2.24) is 25.1 Å². The number of rotatable bonds is 3. The maximum absolute atomic E-state index is 11.9. The Morgan fingerprint density at radius 1 is 1.27 bits per heavy atom. The molecule has 1 unspecified atom stereocenters. The van der Waals surface area contributed by atoms with Gasteiger partial charge in [0.25, 0.3) is 0 Å². The van der Waals surface area contributed by atoms with E-state index < -0.39 is 5.41 Å². The van der Waals surface area contributed by atoms with Crippen LogP contribution in [0, 0.1) is 11.3 Å². The van der Waals surface area contributed by atoms with E-state index in [2.05, 4.69) is 39.1 Å². The molecular weight excluding hydrogens is 418 g/mol. The van der Waals surface area contributed by atoms with Gasteiger partial charge in [-0.15, -0.1) is 0 Å². The lowest BCUT2D eigenvalue weighted by Crippen LogP contribution is -2.45. The second kappa shape index (κ2) is 8.45. The van der Waals surface area contributed by atoms with Crippen LogP contribution in [0.5, 0.6) is 0 Å². The van der Waals surface area contributed by atoms with Gasteiger partial charge in [0.05, 0.1) is 36.4 Å². The van der Waals surface area contributed by atoms with Gasteiger partial charge in [0.15, 0.2) is 0 Å². The molecule has 0 bridgehead atoms. The van der Waals surface area contributed by atoms with Crippen LogP contribution in [0.2, 0.25) is 0 Å². The number of nitrogens with one attached hydrogen (secondary N) is 1. The van der Waals surface area contributed by atoms with Crippen molar-refractivity contribution in [2.45, 2.75) is 38.1 Å². The maximum atomic E-state index is 11.9. The first kappa shape index (κ1) is 21.3. The molecule has 33 heavy (non-hydrogen) atoms. The van der Waals surface area contributed by atoms with Crippen LogP contribution in [0.3, 0.4) is 0 Å². The number of amides is 1. The van der Waals surface area contributed by atoms with Crippen molar-refractivity contribution in [3.63, 3.8) is 0 Å². The SMILES string of the molecule is CC(=O)N1CCC(C#N)(c2cc(N3CCOCC3C)nc3c(-c4ccn[nH]4)nccc23)CC1. The summed E-state index contributed by atoms with van der Waals surface area (Å²) in [5.74, 6) is 0.875. The number of aromatic nitrogens is 4. The van der Waals surface area contributed by atoms with Gasteiger partial charge in [0, 0.05) is 44.3 Å². The van der Waals surface area contributed by atoms with E-state index in [0.717, 1.165) is 34.5 Å². The van der Waals surface area contributed by atoms with E-state index in [1.807, 2.05) is 17.0 Å². The Kier molecular flexibility index (Phi) is 5.46. The Bertz CT molecular complexity index is 1210. The van der Waals surface area contributed by atoms with Crippen molar-refractivity contribution in [2.75, 3.05) is 37.7 Å². The van der Waals surface area contributed by atoms with Gasteiger partial charge >= 0.3 is 0 Å². The number of hydrogen-bond acceptors (Lipinski definition) is 7. The standard InChI is InChI=1S/C24H27N7O2/c1-16-14-33-12-11-31(16)21-13-19(24(15-25)5-9-30(10-6-24)17(2)32)18-3-7-26-23(22(18)28-21)20-4-8-27-29-20/h3-4,7-8,13,16H,5-6,9-12,14H2,1-2H3,(H,27,29). The third-order valence-corrected chi connectivity index (χ3v) is 6.92. The average molecular weight is 446 g/mol. The number of nitrogens with zero attached hydrogens (tertiary/aromatic N) is 6. The van der Waals surface area contributed by atoms with Gasteiger partial charge < -0.3 is 14.5 Å². The highest BCUT2D eigenvalue weighted by Gasteiger charge is 2.39. The normalized spacial score (nSPS) is 20.6. The highest BCUT2D eigenvalue weighted by molar-refractivity contribution is 5.94. The number of carbonyl (C=O) groups is 1. The van der Waals surface area contributed by atoms with Crippen molar-refractivity contribution in [1.29, 1.82) is 5.26 Å².